The molecule has 2 heterocycles. The summed E-state index contributed by atoms with van der Waals surface area (Å²) in [6.07, 6.45) is 0. The minimum atomic E-state index is -0.322. The molecule has 0 aliphatic carbocycles. The highest BCUT2D eigenvalue weighted by Crippen LogP contribution is 2.25. The molecule has 0 saturated carbocycles. The Morgan fingerprint density at radius 2 is 2.17 bits per heavy atom. The van der Waals surface area contributed by atoms with Gasteiger partial charge in [-0.25, -0.2) is 9.89 Å². The van der Waals surface area contributed by atoms with E-state index in [0.29, 0.717) is 17.4 Å². The van der Waals surface area contributed by atoms with E-state index in [1.807, 2.05) is 6.07 Å². The second kappa shape index (κ2) is 4.44. The van der Waals surface area contributed by atoms with Crippen molar-refractivity contribution in [1.29, 1.82) is 0 Å². The van der Waals surface area contributed by atoms with Crippen LogP contribution in [-0.4, -0.2) is 26.4 Å². The minimum absolute atomic E-state index is 0.240. The number of aromatic amines is 1. The number of anilines is 1. The number of hydrogen-bond acceptors (Lipinski definition) is 4. The second-order valence-corrected chi connectivity index (χ2v) is 5.67. The highest BCUT2D eigenvalue weighted by Gasteiger charge is 2.19. The van der Waals surface area contributed by atoms with Gasteiger partial charge in [-0.2, -0.15) is 9.61 Å². The number of nitrogens with zero attached hydrogens (tertiary/aromatic N) is 3. The van der Waals surface area contributed by atoms with Gasteiger partial charge in [-0.15, -0.1) is 5.10 Å². The molecular formula is C12H19N5O. The molecule has 0 aliphatic heterocycles. The molecule has 6 heteroatoms. The zero-order chi connectivity index (χ0) is 13.3. The van der Waals surface area contributed by atoms with Crippen LogP contribution in [0.1, 0.15) is 27.7 Å². The second-order valence-electron chi connectivity index (χ2n) is 5.67. The quantitative estimate of drug-likeness (QED) is 0.864. The maximum absolute atomic E-state index is 11.4. The van der Waals surface area contributed by atoms with E-state index in [0.717, 1.165) is 6.54 Å². The predicted molar refractivity (Wildman–Crippen MR) is 70.7 cm³/mol. The van der Waals surface area contributed by atoms with Gasteiger partial charge < -0.3 is 5.32 Å². The number of fused-ring (bicyclic) bond motifs is 1. The van der Waals surface area contributed by atoms with Crippen LogP contribution in [0.3, 0.4) is 0 Å². The Bertz CT molecular complexity index is 592. The summed E-state index contributed by atoms with van der Waals surface area (Å²) in [5, 5.41) is 13.6. The molecular weight excluding hydrogens is 230 g/mol. The third-order valence-electron chi connectivity index (χ3n) is 3.34. The molecule has 1 atom stereocenters. The van der Waals surface area contributed by atoms with E-state index >= 15 is 0 Å². The largest absolute Gasteiger partial charge is 0.368 e. The van der Waals surface area contributed by atoms with Crippen molar-refractivity contribution in [2.45, 2.75) is 27.7 Å². The fraction of sp³-hybridized carbons (Fsp3) is 0.583. The van der Waals surface area contributed by atoms with Gasteiger partial charge in [-0.05, 0) is 23.5 Å². The minimum Gasteiger partial charge on any atom is -0.368 e. The average molecular weight is 249 g/mol. The number of H-pyrrole nitrogens is 1. The number of hydrogen-bond donors (Lipinski definition) is 2. The summed E-state index contributed by atoms with van der Waals surface area (Å²) in [6.45, 7) is 9.62. The van der Waals surface area contributed by atoms with Crippen LogP contribution in [0, 0.1) is 11.3 Å². The molecule has 0 bridgehead atoms. The fourth-order valence-corrected chi connectivity index (χ4v) is 1.46. The Balaban J connectivity index is 2.13. The van der Waals surface area contributed by atoms with Gasteiger partial charge in [0.15, 0.2) is 5.65 Å². The third-order valence-corrected chi connectivity index (χ3v) is 3.34. The first-order chi connectivity index (χ1) is 8.38. The standard InChI is InChI=1S/C12H19N5O/c1-8(12(2,3)4)7-13-9-5-6-10-14-15-11(18)17(10)16-9/h5-6,8H,7H2,1-4H3,(H,13,16)(H,15,18). The molecule has 2 rings (SSSR count). The number of rotatable bonds is 3. The predicted octanol–water partition coefficient (Wildman–Crippen LogP) is 1.51. The summed E-state index contributed by atoms with van der Waals surface area (Å²) in [5.74, 6) is 1.18. The molecule has 0 amide bonds. The zero-order valence-corrected chi connectivity index (χ0v) is 11.2. The van der Waals surface area contributed by atoms with E-state index in [1.165, 1.54) is 4.52 Å². The van der Waals surface area contributed by atoms with E-state index in [2.05, 4.69) is 48.3 Å². The number of nitrogens with one attached hydrogen (secondary N) is 2. The van der Waals surface area contributed by atoms with Crippen molar-refractivity contribution in [2.24, 2.45) is 11.3 Å². The molecule has 6 nitrogen and oxygen atoms in total. The summed E-state index contributed by atoms with van der Waals surface area (Å²) in [6, 6.07) is 3.58. The maximum atomic E-state index is 11.4. The van der Waals surface area contributed by atoms with Crippen molar-refractivity contribution >= 4 is 11.5 Å². The molecule has 0 fully saturated rings. The lowest BCUT2D eigenvalue weighted by atomic mass is 9.82. The van der Waals surface area contributed by atoms with Crippen molar-refractivity contribution in [3.05, 3.63) is 22.6 Å². The van der Waals surface area contributed by atoms with Crippen LogP contribution >= 0.6 is 0 Å². The molecule has 0 saturated heterocycles. The molecule has 2 aromatic rings. The molecule has 0 aromatic carbocycles. The van der Waals surface area contributed by atoms with Crippen LogP contribution in [0.25, 0.3) is 5.65 Å². The summed E-state index contributed by atoms with van der Waals surface area (Å²) in [7, 11) is 0. The van der Waals surface area contributed by atoms with Gasteiger partial charge in [-0.3, -0.25) is 0 Å². The molecule has 0 aliphatic rings. The molecule has 0 radical (unpaired) electrons. The van der Waals surface area contributed by atoms with Crippen LogP contribution in [0.2, 0.25) is 0 Å². The summed E-state index contributed by atoms with van der Waals surface area (Å²) in [5.41, 5.74) is 0.441. The SMILES string of the molecule is CC(CNc1ccc2n[nH]c(=O)n2n1)C(C)(C)C. The highest BCUT2D eigenvalue weighted by atomic mass is 16.2. The molecule has 2 N–H and O–H groups in total. The Hall–Kier alpha value is -1.85. The van der Waals surface area contributed by atoms with Crippen molar-refractivity contribution in [3.63, 3.8) is 0 Å². The fourth-order valence-electron chi connectivity index (χ4n) is 1.46. The molecule has 0 spiro atoms. The van der Waals surface area contributed by atoms with Gasteiger partial charge in [0.2, 0.25) is 0 Å². The van der Waals surface area contributed by atoms with Gasteiger partial charge in [0.25, 0.3) is 0 Å². The van der Waals surface area contributed by atoms with Gasteiger partial charge in [-0.1, -0.05) is 27.7 Å². The van der Waals surface area contributed by atoms with Crippen LogP contribution in [0.15, 0.2) is 16.9 Å². The molecule has 18 heavy (non-hydrogen) atoms. The van der Waals surface area contributed by atoms with Crippen molar-refractivity contribution in [2.75, 3.05) is 11.9 Å². The van der Waals surface area contributed by atoms with E-state index in [4.69, 9.17) is 0 Å². The zero-order valence-electron chi connectivity index (χ0n) is 11.2. The summed E-state index contributed by atoms with van der Waals surface area (Å²) >= 11 is 0. The monoisotopic (exact) mass is 249 g/mol. The average Bonchev–Trinajstić information content (AvgIpc) is 2.66. The topological polar surface area (TPSA) is 75.1 Å². The Kier molecular flexibility index (Phi) is 3.11. The maximum Gasteiger partial charge on any atom is 0.364 e. The van der Waals surface area contributed by atoms with Crippen molar-refractivity contribution in [3.8, 4) is 0 Å². The molecule has 98 valence electrons. The molecule has 2 aromatic heterocycles. The van der Waals surface area contributed by atoms with Gasteiger partial charge in [0.05, 0.1) is 0 Å². The van der Waals surface area contributed by atoms with E-state index in [1.54, 1.807) is 6.07 Å². The number of aromatic nitrogens is 4. The van der Waals surface area contributed by atoms with E-state index in [9.17, 15) is 4.79 Å². The van der Waals surface area contributed by atoms with Gasteiger partial charge in [0, 0.05) is 6.54 Å². The Morgan fingerprint density at radius 1 is 1.44 bits per heavy atom. The van der Waals surface area contributed by atoms with E-state index in [-0.39, 0.29) is 11.1 Å². The summed E-state index contributed by atoms with van der Waals surface area (Å²) < 4.78 is 1.25. The lowest BCUT2D eigenvalue weighted by Gasteiger charge is -2.27. The Morgan fingerprint density at radius 3 is 2.83 bits per heavy atom. The van der Waals surface area contributed by atoms with Crippen molar-refractivity contribution in [1.82, 2.24) is 19.8 Å². The van der Waals surface area contributed by atoms with Crippen LogP contribution in [-0.2, 0) is 0 Å². The van der Waals surface area contributed by atoms with Crippen LogP contribution < -0.4 is 11.0 Å². The normalized spacial score (nSPS) is 13.8. The van der Waals surface area contributed by atoms with Gasteiger partial charge >= 0.3 is 5.69 Å². The molecule has 1 unspecified atom stereocenters. The first kappa shape index (κ1) is 12.6. The van der Waals surface area contributed by atoms with E-state index < -0.39 is 0 Å². The van der Waals surface area contributed by atoms with Crippen molar-refractivity contribution < 1.29 is 0 Å². The lowest BCUT2D eigenvalue weighted by molar-refractivity contribution is 0.274. The first-order valence-corrected chi connectivity index (χ1v) is 6.06. The Labute approximate surface area is 105 Å². The van der Waals surface area contributed by atoms with Crippen LogP contribution in [0.4, 0.5) is 5.82 Å². The highest BCUT2D eigenvalue weighted by molar-refractivity contribution is 5.42. The van der Waals surface area contributed by atoms with Gasteiger partial charge in [0.1, 0.15) is 5.82 Å². The summed E-state index contributed by atoms with van der Waals surface area (Å²) in [4.78, 5) is 11.4. The first-order valence-electron chi connectivity index (χ1n) is 6.06. The third kappa shape index (κ3) is 2.52. The van der Waals surface area contributed by atoms with Crippen LogP contribution in [0.5, 0.6) is 0 Å². The smallest absolute Gasteiger partial charge is 0.364 e. The lowest BCUT2D eigenvalue weighted by Crippen LogP contribution is -2.25.